The number of benzene rings is 1. The Bertz CT molecular complexity index is 738. The molecule has 5 nitrogen and oxygen atoms in total. The van der Waals surface area contributed by atoms with E-state index < -0.39 is 15.7 Å². The summed E-state index contributed by atoms with van der Waals surface area (Å²) in [5.41, 5.74) is 1.06. The SMILES string of the molecule is CC(C)n1cc(CNc2cc(S(C)(=O)=O)ccc2F)cn1. The first-order valence-electron chi connectivity index (χ1n) is 6.54. The first-order valence-corrected chi connectivity index (χ1v) is 8.43. The van der Waals surface area contributed by atoms with Crippen molar-refractivity contribution >= 4 is 15.5 Å². The Kier molecular flexibility index (Phi) is 4.32. The summed E-state index contributed by atoms with van der Waals surface area (Å²) in [4.78, 5) is 0.0873. The molecular weight excluding hydrogens is 293 g/mol. The Morgan fingerprint density at radius 2 is 2.10 bits per heavy atom. The highest BCUT2D eigenvalue weighted by atomic mass is 32.2. The fourth-order valence-corrected chi connectivity index (χ4v) is 2.47. The second-order valence-electron chi connectivity index (χ2n) is 5.19. The molecule has 0 fully saturated rings. The van der Waals surface area contributed by atoms with Gasteiger partial charge >= 0.3 is 0 Å². The van der Waals surface area contributed by atoms with Crippen molar-refractivity contribution in [3.05, 3.63) is 42.0 Å². The standard InChI is InChI=1S/C14H18FN3O2S/c1-10(2)18-9-11(8-17-18)7-16-14-6-12(21(3,19)20)4-5-13(14)15/h4-6,8-10,16H,7H2,1-3H3. The zero-order valence-corrected chi connectivity index (χ0v) is 13.0. The van der Waals surface area contributed by atoms with Gasteiger partial charge in [-0.3, -0.25) is 4.68 Å². The molecule has 1 aromatic carbocycles. The van der Waals surface area contributed by atoms with E-state index in [2.05, 4.69) is 10.4 Å². The van der Waals surface area contributed by atoms with E-state index in [4.69, 9.17) is 0 Å². The topological polar surface area (TPSA) is 64.0 Å². The monoisotopic (exact) mass is 311 g/mol. The summed E-state index contributed by atoms with van der Waals surface area (Å²) in [5.74, 6) is -0.487. The summed E-state index contributed by atoms with van der Waals surface area (Å²) in [6.07, 6.45) is 4.66. The molecule has 0 spiro atoms. The van der Waals surface area contributed by atoms with Gasteiger partial charge in [0.05, 0.1) is 16.8 Å². The highest BCUT2D eigenvalue weighted by Gasteiger charge is 2.11. The van der Waals surface area contributed by atoms with Crippen molar-refractivity contribution in [1.82, 2.24) is 9.78 Å². The number of nitrogens with one attached hydrogen (secondary N) is 1. The molecule has 0 aliphatic rings. The lowest BCUT2D eigenvalue weighted by Gasteiger charge is -2.08. The molecule has 0 unspecified atom stereocenters. The van der Waals surface area contributed by atoms with Gasteiger partial charge in [0.25, 0.3) is 0 Å². The van der Waals surface area contributed by atoms with Crippen LogP contribution >= 0.6 is 0 Å². The molecule has 1 N–H and O–H groups in total. The summed E-state index contributed by atoms with van der Waals surface area (Å²) >= 11 is 0. The molecule has 7 heteroatoms. The van der Waals surface area contributed by atoms with Crippen LogP contribution in [0.2, 0.25) is 0 Å². The number of anilines is 1. The van der Waals surface area contributed by atoms with Crippen LogP contribution in [0.25, 0.3) is 0 Å². The van der Waals surface area contributed by atoms with E-state index in [1.165, 1.54) is 12.1 Å². The first-order chi connectivity index (χ1) is 9.77. The fourth-order valence-electron chi connectivity index (χ4n) is 1.82. The molecule has 0 radical (unpaired) electrons. The molecule has 0 amide bonds. The molecule has 114 valence electrons. The normalized spacial score (nSPS) is 11.9. The van der Waals surface area contributed by atoms with Crippen molar-refractivity contribution in [1.29, 1.82) is 0 Å². The molecular formula is C14H18FN3O2S. The van der Waals surface area contributed by atoms with E-state index in [1.54, 1.807) is 10.9 Å². The zero-order chi connectivity index (χ0) is 15.6. The van der Waals surface area contributed by atoms with Crippen LogP contribution in [0.15, 0.2) is 35.5 Å². The molecule has 1 aromatic heterocycles. The smallest absolute Gasteiger partial charge is 0.175 e. The van der Waals surface area contributed by atoms with E-state index in [0.717, 1.165) is 17.9 Å². The minimum atomic E-state index is -3.36. The zero-order valence-electron chi connectivity index (χ0n) is 12.2. The number of rotatable bonds is 5. The number of halogens is 1. The van der Waals surface area contributed by atoms with Gasteiger partial charge in [-0.05, 0) is 32.0 Å². The molecule has 0 atom stereocenters. The van der Waals surface area contributed by atoms with E-state index in [-0.39, 0.29) is 16.6 Å². The molecule has 2 aromatic rings. The van der Waals surface area contributed by atoms with Gasteiger partial charge < -0.3 is 5.32 Å². The molecule has 1 heterocycles. The summed E-state index contributed by atoms with van der Waals surface area (Å²) in [5, 5.41) is 7.10. The largest absolute Gasteiger partial charge is 0.378 e. The molecule has 0 aliphatic carbocycles. The lowest BCUT2D eigenvalue weighted by atomic mass is 10.3. The maximum Gasteiger partial charge on any atom is 0.175 e. The molecule has 0 saturated carbocycles. The number of hydrogen-bond acceptors (Lipinski definition) is 4. The van der Waals surface area contributed by atoms with Crippen molar-refractivity contribution < 1.29 is 12.8 Å². The Labute approximate surface area is 123 Å². The molecule has 0 bridgehead atoms. The summed E-state index contributed by atoms with van der Waals surface area (Å²) in [6, 6.07) is 3.96. The Balaban J connectivity index is 2.15. The van der Waals surface area contributed by atoms with Crippen LogP contribution in [0.5, 0.6) is 0 Å². The Hall–Kier alpha value is -1.89. The van der Waals surface area contributed by atoms with Gasteiger partial charge in [-0.25, -0.2) is 12.8 Å². The summed E-state index contributed by atoms with van der Waals surface area (Å²) < 4.78 is 38.5. The van der Waals surface area contributed by atoms with Gasteiger partial charge in [0.15, 0.2) is 9.84 Å². The van der Waals surface area contributed by atoms with Crippen LogP contribution in [0.1, 0.15) is 25.5 Å². The third-order valence-electron chi connectivity index (χ3n) is 3.03. The van der Waals surface area contributed by atoms with Crippen molar-refractivity contribution in [2.45, 2.75) is 31.3 Å². The van der Waals surface area contributed by atoms with Crippen molar-refractivity contribution in [3.8, 4) is 0 Å². The van der Waals surface area contributed by atoms with Gasteiger partial charge in [0.2, 0.25) is 0 Å². The van der Waals surface area contributed by atoms with Crippen LogP contribution < -0.4 is 5.32 Å². The first kappa shape index (κ1) is 15.5. The summed E-state index contributed by atoms with van der Waals surface area (Å²) in [6.45, 7) is 4.40. The van der Waals surface area contributed by atoms with Crippen molar-refractivity contribution in [2.75, 3.05) is 11.6 Å². The van der Waals surface area contributed by atoms with Gasteiger partial charge in [0.1, 0.15) is 5.82 Å². The third-order valence-corrected chi connectivity index (χ3v) is 4.14. The Morgan fingerprint density at radius 1 is 1.38 bits per heavy atom. The third kappa shape index (κ3) is 3.81. The van der Waals surface area contributed by atoms with Crippen molar-refractivity contribution in [2.24, 2.45) is 0 Å². The van der Waals surface area contributed by atoms with Gasteiger partial charge in [-0.15, -0.1) is 0 Å². The highest BCUT2D eigenvalue weighted by Crippen LogP contribution is 2.20. The molecule has 0 aliphatic heterocycles. The number of nitrogens with zero attached hydrogens (tertiary/aromatic N) is 2. The lowest BCUT2D eigenvalue weighted by molar-refractivity contribution is 0.532. The average molecular weight is 311 g/mol. The van der Waals surface area contributed by atoms with E-state index in [1.807, 2.05) is 20.0 Å². The van der Waals surface area contributed by atoms with E-state index in [9.17, 15) is 12.8 Å². The van der Waals surface area contributed by atoms with Crippen molar-refractivity contribution in [3.63, 3.8) is 0 Å². The van der Waals surface area contributed by atoms with Crippen LogP contribution in [0.4, 0.5) is 10.1 Å². The second-order valence-corrected chi connectivity index (χ2v) is 7.21. The number of aromatic nitrogens is 2. The minimum absolute atomic E-state index is 0.0873. The van der Waals surface area contributed by atoms with E-state index >= 15 is 0 Å². The number of hydrogen-bond donors (Lipinski definition) is 1. The maximum atomic E-state index is 13.7. The number of sulfone groups is 1. The predicted molar refractivity (Wildman–Crippen MR) is 79.4 cm³/mol. The molecule has 2 rings (SSSR count). The molecule has 21 heavy (non-hydrogen) atoms. The average Bonchev–Trinajstić information content (AvgIpc) is 2.85. The minimum Gasteiger partial charge on any atom is -0.378 e. The van der Waals surface area contributed by atoms with Gasteiger partial charge in [0, 0.05) is 30.6 Å². The maximum absolute atomic E-state index is 13.7. The van der Waals surface area contributed by atoms with E-state index in [0.29, 0.717) is 6.54 Å². The van der Waals surface area contributed by atoms with Crippen LogP contribution in [0, 0.1) is 5.82 Å². The summed E-state index contributed by atoms with van der Waals surface area (Å²) in [7, 11) is -3.36. The lowest BCUT2D eigenvalue weighted by Crippen LogP contribution is -2.04. The quantitative estimate of drug-likeness (QED) is 0.862. The van der Waals surface area contributed by atoms with Crippen LogP contribution in [-0.2, 0) is 16.4 Å². The Morgan fingerprint density at radius 3 is 2.67 bits per heavy atom. The van der Waals surface area contributed by atoms with Gasteiger partial charge in [-0.1, -0.05) is 0 Å². The fraction of sp³-hybridized carbons (Fsp3) is 0.357. The molecule has 0 saturated heterocycles. The van der Waals surface area contributed by atoms with Crippen LogP contribution in [-0.4, -0.2) is 24.5 Å². The van der Waals surface area contributed by atoms with Crippen LogP contribution in [0.3, 0.4) is 0 Å². The second kappa shape index (κ2) is 5.85. The predicted octanol–water partition coefficient (Wildman–Crippen LogP) is 2.62. The highest BCUT2D eigenvalue weighted by molar-refractivity contribution is 7.90. The van der Waals surface area contributed by atoms with Gasteiger partial charge in [-0.2, -0.15) is 5.10 Å².